The molecule has 0 aliphatic carbocycles. The Kier molecular flexibility index (Phi) is 5.10. The van der Waals surface area contributed by atoms with Gasteiger partial charge in [0.25, 0.3) is 0 Å². The number of likely N-dealkylation sites (N-methyl/N-ethyl adjacent to an activating group) is 1. The molecule has 0 atom stereocenters. The second-order valence-corrected chi connectivity index (χ2v) is 6.26. The van der Waals surface area contributed by atoms with Crippen LogP contribution < -0.4 is 5.73 Å². The van der Waals surface area contributed by atoms with Gasteiger partial charge in [0.05, 0.1) is 22.8 Å². The molecule has 1 aromatic heterocycles. The van der Waals surface area contributed by atoms with Crippen LogP contribution in [0.15, 0.2) is 35.3 Å². The van der Waals surface area contributed by atoms with E-state index in [4.69, 9.17) is 22.3 Å². The van der Waals surface area contributed by atoms with Crippen LogP contribution in [0.4, 0.5) is 5.69 Å². The summed E-state index contributed by atoms with van der Waals surface area (Å²) in [5, 5.41) is 1.07. The Morgan fingerprint density at radius 3 is 2.74 bits per heavy atom. The van der Waals surface area contributed by atoms with Crippen molar-refractivity contribution in [3.05, 3.63) is 36.0 Å². The summed E-state index contributed by atoms with van der Waals surface area (Å²) in [5.74, 6) is 0.658. The van der Waals surface area contributed by atoms with Crippen LogP contribution >= 0.6 is 11.6 Å². The average Bonchev–Trinajstić information content (AvgIpc) is 2.57. The molecule has 0 unspecified atom stereocenters. The summed E-state index contributed by atoms with van der Waals surface area (Å²) >= 11 is 5.67. The maximum atomic E-state index is 5.68. The first-order chi connectivity index (χ1) is 11.1. The number of rotatable bonds is 4. The number of halogens is 1. The summed E-state index contributed by atoms with van der Waals surface area (Å²) in [7, 11) is 2.17. The van der Waals surface area contributed by atoms with Gasteiger partial charge in [-0.05, 0) is 31.3 Å². The lowest BCUT2D eigenvalue weighted by molar-refractivity contribution is 0.147. The van der Waals surface area contributed by atoms with Crippen LogP contribution in [-0.2, 0) is 6.54 Å². The number of amidine groups is 1. The number of piperazine rings is 1. The highest BCUT2D eigenvalue weighted by molar-refractivity contribution is 6.28. The van der Waals surface area contributed by atoms with Gasteiger partial charge >= 0.3 is 0 Å². The van der Waals surface area contributed by atoms with E-state index in [0.29, 0.717) is 5.84 Å². The fourth-order valence-corrected chi connectivity index (χ4v) is 2.80. The van der Waals surface area contributed by atoms with Crippen molar-refractivity contribution in [2.45, 2.75) is 6.54 Å². The zero-order valence-electron chi connectivity index (χ0n) is 13.4. The van der Waals surface area contributed by atoms with Crippen molar-refractivity contribution < 1.29 is 0 Å². The molecule has 6 heteroatoms. The van der Waals surface area contributed by atoms with Crippen LogP contribution in [0.5, 0.6) is 0 Å². The second kappa shape index (κ2) is 7.25. The maximum Gasteiger partial charge on any atom is 0.115 e. The molecule has 1 saturated heterocycles. The quantitative estimate of drug-likeness (QED) is 0.530. The van der Waals surface area contributed by atoms with E-state index in [-0.39, 0.29) is 5.88 Å². The van der Waals surface area contributed by atoms with E-state index < -0.39 is 0 Å². The highest BCUT2D eigenvalue weighted by Gasteiger charge is 2.14. The van der Waals surface area contributed by atoms with Gasteiger partial charge in [-0.25, -0.2) is 4.99 Å². The molecule has 0 bridgehead atoms. The van der Waals surface area contributed by atoms with E-state index in [9.17, 15) is 0 Å². The number of benzene rings is 1. The normalized spacial score (nSPS) is 17.7. The Balaban J connectivity index is 1.76. The molecule has 23 heavy (non-hydrogen) atoms. The predicted octanol–water partition coefficient (Wildman–Crippen LogP) is 2.21. The molecule has 0 saturated carbocycles. The third-order valence-electron chi connectivity index (χ3n) is 4.12. The summed E-state index contributed by atoms with van der Waals surface area (Å²) < 4.78 is 0. The smallest absolute Gasteiger partial charge is 0.115 e. The van der Waals surface area contributed by atoms with Crippen LogP contribution in [0.1, 0.15) is 5.69 Å². The largest absolute Gasteiger partial charge is 0.386 e. The van der Waals surface area contributed by atoms with Gasteiger partial charge in [0.2, 0.25) is 0 Å². The minimum absolute atomic E-state index is 0.236. The van der Waals surface area contributed by atoms with Gasteiger partial charge in [0.15, 0.2) is 0 Å². The maximum absolute atomic E-state index is 5.68. The Hall–Kier alpha value is -1.69. The van der Waals surface area contributed by atoms with Gasteiger partial charge in [-0.15, -0.1) is 11.6 Å². The molecule has 1 aliphatic rings. The summed E-state index contributed by atoms with van der Waals surface area (Å²) in [6, 6.07) is 10.1. The van der Waals surface area contributed by atoms with Crippen LogP contribution in [0.2, 0.25) is 0 Å². The van der Waals surface area contributed by atoms with Gasteiger partial charge < -0.3 is 10.6 Å². The SMILES string of the molecule is CN1CCN(Cc2ccc3cc(N=C(N)CCl)ccc3n2)CC1. The molecule has 5 nitrogen and oxygen atoms in total. The number of aromatic nitrogens is 1. The van der Waals surface area contributed by atoms with E-state index in [2.05, 4.69) is 34.0 Å². The number of aliphatic imine (C=N–C) groups is 1. The van der Waals surface area contributed by atoms with Crippen molar-refractivity contribution in [3.8, 4) is 0 Å². The molecule has 2 N–H and O–H groups in total. The van der Waals surface area contributed by atoms with Crippen LogP contribution in [0.3, 0.4) is 0 Å². The number of hydrogen-bond acceptors (Lipinski definition) is 4. The van der Waals surface area contributed by atoms with E-state index in [1.54, 1.807) is 0 Å². The van der Waals surface area contributed by atoms with Gasteiger partial charge in [-0.3, -0.25) is 9.88 Å². The van der Waals surface area contributed by atoms with E-state index in [1.807, 2.05) is 18.2 Å². The number of nitrogens with two attached hydrogens (primary N) is 1. The molecule has 3 rings (SSSR count). The molecular weight excluding hydrogens is 310 g/mol. The molecule has 0 radical (unpaired) electrons. The molecule has 122 valence electrons. The van der Waals surface area contributed by atoms with Gasteiger partial charge in [0, 0.05) is 38.1 Å². The van der Waals surface area contributed by atoms with Crippen LogP contribution in [-0.4, -0.2) is 59.7 Å². The highest BCUT2D eigenvalue weighted by Crippen LogP contribution is 2.21. The van der Waals surface area contributed by atoms with Gasteiger partial charge in [0.1, 0.15) is 5.84 Å². The molecule has 1 aliphatic heterocycles. The van der Waals surface area contributed by atoms with Crippen LogP contribution in [0.25, 0.3) is 10.9 Å². The molecule has 0 spiro atoms. The Bertz CT molecular complexity index is 707. The summed E-state index contributed by atoms with van der Waals surface area (Å²) in [6.45, 7) is 5.35. The third kappa shape index (κ3) is 4.19. The Morgan fingerprint density at radius 2 is 2.00 bits per heavy atom. The highest BCUT2D eigenvalue weighted by atomic mass is 35.5. The van der Waals surface area contributed by atoms with Gasteiger partial charge in [-0.2, -0.15) is 0 Å². The second-order valence-electron chi connectivity index (χ2n) is 6.00. The Labute approximate surface area is 141 Å². The van der Waals surface area contributed by atoms with Crippen molar-refractivity contribution in [1.29, 1.82) is 0 Å². The minimum atomic E-state index is 0.236. The summed E-state index contributed by atoms with van der Waals surface area (Å²) in [5.41, 5.74) is 8.59. The fourth-order valence-electron chi connectivity index (χ4n) is 2.74. The zero-order chi connectivity index (χ0) is 16.2. The molecule has 1 aromatic carbocycles. The molecule has 0 amide bonds. The number of fused-ring (bicyclic) bond motifs is 1. The lowest BCUT2D eigenvalue weighted by Gasteiger charge is -2.32. The van der Waals surface area contributed by atoms with Crippen molar-refractivity contribution >= 4 is 34.0 Å². The zero-order valence-corrected chi connectivity index (χ0v) is 14.1. The first-order valence-electron chi connectivity index (χ1n) is 7.83. The standard InChI is InChI=1S/C17H22ClN5/c1-22-6-8-23(9-7-22)12-15-3-2-13-10-14(21-17(19)11-18)4-5-16(13)20-15/h2-5,10H,6-9,11-12H2,1H3,(H2,19,21). The first kappa shape index (κ1) is 16.2. The van der Waals surface area contributed by atoms with E-state index >= 15 is 0 Å². The fraction of sp³-hybridized carbons (Fsp3) is 0.412. The van der Waals surface area contributed by atoms with Gasteiger partial charge in [-0.1, -0.05) is 6.07 Å². The Morgan fingerprint density at radius 1 is 1.22 bits per heavy atom. The van der Waals surface area contributed by atoms with E-state index in [0.717, 1.165) is 55.0 Å². The van der Waals surface area contributed by atoms with E-state index in [1.165, 1.54) is 0 Å². The number of nitrogens with zero attached hydrogens (tertiary/aromatic N) is 4. The van der Waals surface area contributed by atoms with Crippen molar-refractivity contribution in [2.24, 2.45) is 10.7 Å². The average molecular weight is 332 g/mol. The predicted molar refractivity (Wildman–Crippen MR) is 96.5 cm³/mol. The van der Waals surface area contributed by atoms with Crippen LogP contribution in [0, 0.1) is 0 Å². The topological polar surface area (TPSA) is 57.8 Å². The lowest BCUT2D eigenvalue weighted by Crippen LogP contribution is -2.43. The molecule has 2 aromatic rings. The van der Waals surface area contributed by atoms with Crippen molar-refractivity contribution in [1.82, 2.24) is 14.8 Å². The monoisotopic (exact) mass is 331 g/mol. The van der Waals surface area contributed by atoms with Crippen molar-refractivity contribution in [2.75, 3.05) is 39.1 Å². The number of pyridine rings is 1. The molecular formula is C17H22ClN5. The van der Waals surface area contributed by atoms with Crippen molar-refractivity contribution in [3.63, 3.8) is 0 Å². The molecule has 1 fully saturated rings. The number of alkyl halides is 1. The number of hydrogen-bond donors (Lipinski definition) is 1. The summed E-state index contributed by atoms with van der Waals surface area (Å²) in [6.07, 6.45) is 0. The first-order valence-corrected chi connectivity index (χ1v) is 8.37. The molecule has 2 heterocycles. The third-order valence-corrected chi connectivity index (χ3v) is 4.40. The summed E-state index contributed by atoms with van der Waals surface area (Å²) in [4.78, 5) is 13.9. The lowest BCUT2D eigenvalue weighted by atomic mass is 10.1. The minimum Gasteiger partial charge on any atom is -0.386 e.